The second-order valence-electron chi connectivity index (χ2n) is 2.29. The van der Waals surface area contributed by atoms with Gasteiger partial charge in [-0.15, -0.1) is 13.2 Å². The standard InChI is InChI=1S/C7H3F5O2/c8-4-1-3(13)2-5(9)6(4)14-7(10,11)12/h1-2,13H. The minimum atomic E-state index is -5.18. The van der Waals surface area contributed by atoms with Crippen LogP contribution in [0.25, 0.3) is 0 Å². The molecular formula is C7H3F5O2. The molecular weight excluding hydrogens is 211 g/mol. The number of phenols is 1. The van der Waals surface area contributed by atoms with Gasteiger partial charge < -0.3 is 9.84 Å². The van der Waals surface area contributed by atoms with Crippen LogP contribution in [0.3, 0.4) is 0 Å². The Morgan fingerprint density at radius 3 is 1.86 bits per heavy atom. The van der Waals surface area contributed by atoms with Crippen LogP contribution in [0.1, 0.15) is 0 Å². The molecule has 0 amide bonds. The van der Waals surface area contributed by atoms with Crippen LogP contribution in [0.5, 0.6) is 11.5 Å². The molecule has 0 atom stereocenters. The molecule has 0 saturated heterocycles. The molecule has 0 bridgehead atoms. The third-order valence-corrected chi connectivity index (χ3v) is 1.20. The van der Waals surface area contributed by atoms with Gasteiger partial charge in [-0.2, -0.15) is 0 Å². The Morgan fingerprint density at radius 2 is 1.50 bits per heavy atom. The van der Waals surface area contributed by atoms with Crippen LogP contribution in [0, 0.1) is 11.6 Å². The molecule has 14 heavy (non-hydrogen) atoms. The lowest BCUT2D eigenvalue weighted by Crippen LogP contribution is -2.18. The van der Waals surface area contributed by atoms with E-state index in [4.69, 9.17) is 5.11 Å². The van der Waals surface area contributed by atoms with Gasteiger partial charge in [0.05, 0.1) is 0 Å². The molecule has 0 spiro atoms. The van der Waals surface area contributed by atoms with E-state index >= 15 is 0 Å². The first-order valence-electron chi connectivity index (χ1n) is 3.23. The minimum absolute atomic E-state index is 0.310. The highest BCUT2D eigenvalue weighted by Crippen LogP contribution is 2.30. The molecule has 1 aromatic rings. The summed E-state index contributed by atoms with van der Waals surface area (Å²) in [6.45, 7) is 0. The highest BCUT2D eigenvalue weighted by Gasteiger charge is 2.34. The summed E-state index contributed by atoms with van der Waals surface area (Å²) in [6, 6.07) is 0.619. The average molecular weight is 214 g/mol. The molecule has 0 radical (unpaired) electrons. The van der Waals surface area contributed by atoms with Gasteiger partial charge in [0.15, 0.2) is 11.6 Å². The first-order valence-corrected chi connectivity index (χ1v) is 3.23. The minimum Gasteiger partial charge on any atom is -0.508 e. The zero-order chi connectivity index (χ0) is 10.9. The molecule has 0 aromatic heterocycles. The van der Waals surface area contributed by atoms with Crippen molar-refractivity contribution in [1.29, 1.82) is 0 Å². The maximum absolute atomic E-state index is 12.6. The Morgan fingerprint density at radius 1 is 1.07 bits per heavy atom. The average Bonchev–Trinajstić information content (AvgIpc) is 1.95. The molecule has 0 aliphatic carbocycles. The third-order valence-electron chi connectivity index (χ3n) is 1.20. The van der Waals surface area contributed by atoms with Gasteiger partial charge in [0.2, 0.25) is 5.75 Å². The van der Waals surface area contributed by atoms with E-state index in [1.807, 2.05) is 0 Å². The number of rotatable bonds is 1. The Hall–Kier alpha value is -1.53. The predicted molar refractivity (Wildman–Crippen MR) is 34.7 cm³/mol. The topological polar surface area (TPSA) is 29.5 Å². The molecule has 0 unspecified atom stereocenters. The van der Waals surface area contributed by atoms with Gasteiger partial charge in [0.25, 0.3) is 0 Å². The zero-order valence-corrected chi connectivity index (χ0v) is 6.40. The SMILES string of the molecule is Oc1cc(F)c(OC(F)(F)F)c(F)c1. The van der Waals surface area contributed by atoms with E-state index in [9.17, 15) is 22.0 Å². The maximum atomic E-state index is 12.6. The molecule has 0 heterocycles. The lowest BCUT2D eigenvalue weighted by atomic mass is 10.3. The molecule has 78 valence electrons. The number of alkyl halides is 3. The predicted octanol–water partition coefficient (Wildman–Crippen LogP) is 2.57. The van der Waals surface area contributed by atoms with E-state index in [0.717, 1.165) is 0 Å². The number of hydrogen-bond acceptors (Lipinski definition) is 2. The maximum Gasteiger partial charge on any atom is 0.573 e. The van der Waals surface area contributed by atoms with Gasteiger partial charge in [-0.3, -0.25) is 0 Å². The molecule has 0 saturated carbocycles. The van der Waals surface area contributed by atoms with Gasteiger partial charge in [0, 0.05) is 12.1 Å². The Bertz CT molecular complexity index is 323. The lowest BCUT2D eigenvalue weighted by Gasteiger charge is -2.10. The van der Waals surface area contributed by atoms with Crippen molar-refractivity contribution in [3.63, 3.8) is 0 Å². The number of phenolic OH excluding ortho intramolecular Hbond substituents is 1. The normalized spacial score (nSPS) is 11.5. The van der Waals surface area contributed by atoms with Gasteiger partial charge in [-0.1, -0.05) is 0 Å². The van der Waals surface area contributed by atoms with Crippen LogP contribution in [0.2, 0.25) is 0 Å². The van der Waals surface area contributed by atoms with Gasteiger partial charge in [0.1, 0.15) is 5.75 Å². The number of aromatic hydroxyl groups is 1. The highest BCUT2D eigenvalue weighted by molar-refractivity contribution is 5.34. The fourth-order valence-corrected chi connectivity index (χ4v) is 0.760. The molecule has 1 N–H and O–H groups in total. The second kappa shape index (κ2) is 3.32. The quantitative estimate of drug-likeness (QED) is 0.728. The summed E-state index contributed by atoms with van der Waals surface area (Å²) < 4.78 is 63.0. The van der Waals surface area contributed by atoms with Gasteiger partial charge in [-0.25, -0.2) is 8.78 Å². The Labute approximate surface area is 74.5 Å². The largest absolute Gasteiger partial charge is 0.573 e. The van der Waals surface area contributed by atoms with Crippen molar-refractivity contribution in [3.05, 3.63) is 23.8 Å². The van der Waals surface area contributed by atoms with Crippen LogP contribution in [0.15, 0.2) is 12.1 Å². The van der Waals surface area contributed by atoms with E-state index in [1.165, 1.54) is 0 Å². The number of benzene rings is 1. The fraction of sp³-hybridized carbons (Fsp3) is 0.143. The summed E-state index contributed by atoms with van der Waals surface area (Å²) in [6.07, 6.45) is -5.18. The number of hydrogen-bond donors (Lipinski definition) is 1. The zero-order valence-electron chi connectivity index (χ0n) is 6.40. The van der Waals surface area contributed by atoms with Crippen LogP contribution in [-0.2, 0) is 0 Å². The first-order chi connectivity index (χ1) is 6.29. The van der Waals surface area contributed by atoms with E-state index in [0.29, 0.717) is 12.1 Å². The highest BCUT2D eigenvalue weighted by atomic mass is 19.4. The smallest absolute Gasteiger partial charge is 0.508 e. The third kappa shape index (κ3) is 2.48. The van der Waals surface area contributed by atoms with Crippen molar-refractivity contribution in [3.8, 4) is 11.5 Å². The van der Waals surface area contributed by atoms with Crippen molar-refractivity contribution in [2.24, 2.45) is 0 Å². The Balaban J connectivity index is 3.09. The van der Waals surface area contributed by atoms with E-state index in [-0.39, 0.29) is 0 Å². The van der Waals surface area contributed by atoms with Crippen LogP contribution >= 0.6 is 0 Å². The molecule has 2 nitrogen and oxygen atoms in total. The molecule has 7 heteroatoms. The van der Waals surface area contributed by atoms with Crippen molar-refractivity contribution in [2.45, 2.75) is 6.36 Å². The number of halogens is 5. The number of ether oxygens (including phenoxy) is 1. The van der Waals surface area contributed by atoms with E-state index in [1.54, 1.807) is 0 Å². The second-order valence-corrected chi connectivity index (χ2v) is 2.29. The van der Waals surface area contributed by atoms with Gasteiger partial charge in [-0.05, 0) is 0 Å². The summed E-state index contributed by atoms with van der Waals surface area (Å²) in [5.74, 6) is -5.66. The van der Waals surface area contributed by atoms with Gasteiger partial charge >= 0.3 is 6.36 Å². The van der Waals surface area contributed by atoms with Crippen LogP contribution in [0.4, 0.5) is 22.0 Å². The van der Waals surface area contributed by atoms with Crippen LogP contribution < -0.4 is 4.74 Å². The van der Waals surface area contributed by atoms with Crippen molar-refractivity contribution in [1.82, 2.24) is 0 Å². The summed E-state index contributed by atoms with van der Waals surface area (Å²) >= 11 is 0. The Kier molecular flexibility index (Phi) is 2.50. The molecule has 0 aliphatic rings. The fourth-order valence-electron chi connectivity index (χ4n) is 0.760. The molecule has 0 aliphatic heterocycles. The summed E-state index contributed by atoms with van der Waals surface area (Å²) in [4.78, 5) is 0. The molecule has 0 fully saturated rings. The molecule has 1 aromatic carbocycles. The van der Waals surface area contributed by atoms with Crippen molar-refractivity contribution < 1.29 is 31.8 Å². The summed E-state index contributed by atoms with van der Waals surface area (Å²) in [5.41, 5.74) is 0. The lowest BCUT2D eigenvalue weighted by molar-refractivity contribution is -0.276. The molecule has 1 rings (SSSR count). The summed E-state index contributed by atoms with van der Waals surface area (Å²) in [7, 11) is 0. The monoisotopic (exact) mass is 214 g/mol. The van der Waals surface area contributed by atoms with E-state index < -0.39 is 29.5 Å². The van der Waals surface area contributed by atoms with Crippen LogP contribution in [-0.4, -0.2) is 11.5 Å². The van der Waals surface area contributed by atoms with E-state index in [2.05, 4.69) is 4.74 Å². The first kappa shape index (κ1) is 10.6. The summed E-state index contributed by atoms with van der Waals surface area (Å²) in [5, 5.41) is 8.60. The van der Waals surface area contributed by atoms with Crippen molar-refractivity contribution in [2.75, 3.05) is 0 Å². The van der Waals surface area contributed by atoms with Crippen molar-refractivity contribution >= 4 is 0 Å².